The van der Waals surface area contributed by atoms with E-state index in [1.165, 1.54) is 5.56 Å². The quantitative estimate of drug-likeness (QED) is 0.536. The van der Waals surface area contributed by atoms with Crippen molar-refractivity contribution in [1.29, 1.82) is 0 Å². The molecule has 5 nitrogen and oxygen atoms in total. The standard InChI is InChI=1S/C19H21ClN4O/c20-15-8-6-14(7-9-15)10-12-22-19-23-17-5-2-1-4-16(17)18(24-19)21-11-3-13-25/h1-2,4-9,25H,3,10-13H2,(H2,21,22,23,24). The van der Waals surface area contributed by atoms with Gasteiger partial charge in [0.2, 0.25) is 5.95 Å². The maximum absolute atomic E-state index is 8.96. The van der Waals surface area contributed by atoms with E-state index in [4.69, 9.17) is 16.7 Å². The van der Waals surface area contributed by atoms with E-state index >= 15 is 0 Å². The highest BCUT2D eigenvalue weighted by Crippen LogP contribution is 2.21. The fraction of sp³-hybridized carbons (Fsp3) is 0.263. The third-order valence-corrected chi connectivity index (χ3v) is 4.09. The van der Waals surface area contributed by atoms with Gasteiger partial charge in [0.25, 0.3) is 0 Å². The Kier molecular flexibility index (Phi) is 6.04. The molecule has 0 fully saturated rings. The number of fused-ring (bicyclic) bond motifs is 1. The molecule has 0 aliphatic carbocycles. The molecule has 3 aromatic rings. The van der Waals surface area contributed by atoms with Crippen molar-refractivity contribution in [2.24, 2.45) is 0 Å². The Morgan fingerprint density at radius 2 is 1.72 bits per heavy atom. The van der Waals surface area contributed by atoms with Crippen LogP contribution in [-0.2, 0) is 6.42 Å². The van der Waals surface area contributed by atoms with Crippen molar-refractivity contribution in [3.8, 4) is 0 Å². The Bertz CT molecular complexity index is 823. The molecule has 2 aromatic carbocycles. The summed E-state index contributed by atoms with van der Waals surface area (Å²) in [7, 11) is 0. The van der Waals surface area contributed by atoms with Gasteiger partial charge in [-0.05, 0) is 42.7 Å². The molecule has 0 saturated heterocycles. The second-order valence-corrected chi connectivity index (χ2v) is 6.16. The molecular formula is C19H21ClN4O. The maximum atomic E-state index is 8.96. The van der Waals surface area contributed by atoms with Crippen molar-refractivity contribution in [1.82, 2.24) is 9.97 Å². The summed E-state index contributed by atoms with van der Waals surface area (Å²) in [5.41, 5.74) is 2.09. The van der Waals surface area contributed by atoms with E-state index in [1.807, 2.05) is 48.5 Å². The van der Waals surface area contributed by atoms with Crippen molar-refractivity contribution >= 4 is 34.3 Å². The van der Waals surface area contributed by atoms with Crippen LogP contribution in [0.25, 0.3) is 10.9 Å². The predicted molar refractivity (Wildman–Crippen MR) is 103 cm³/mol. The molecule has 0 amide bonds. The molecular weight excluding hydrogens is 336 g/mol. The highest BCUT2D eigenvalue weighted by molar-refractivity contribution is 6.30. The molecule has 1 aromatic heterocycles. The van der Waals surface area contributed by atoms with Crippen LogP contribution < -0.4 is 10.6 Å². The summed E-state index contributed by atoms with van der Waals surface area (Å²) in [5, 5.41) is 17.2. The van der Waals surface area contributed by atoms with Crippen molar-refractivity contribution in [2.75, 3.05) is 30.3 Å². The number of aliphatic hydroxyl groups excluding tert-OH is 1. The first kappa shape index (κ1) is 17.5. The molecule has 130 valence electrons. The van der Waals surface area contributed by atoms with Crippen LogP contribution >= 0.6 is 11.6 Å². The van der Waals surface area contributed by atoms with Gasteiger partial charge in [-0.3, -0.25) is 0 Å². The smallest absolute Gasteiger partial charge is 0.225 e. The average molecular weight is 357 g/mol. The fourth-order valence-corrected chi connectivity index (χ4v) is 2.67. The molecule has 0 unspecified atom stereocenters. The van der Waals surface area contributed by atoms with Crippen LogP contribution in [0.1, 0.15) is 12.0 Å². The van der Waals surface area contributed by atoms with E-state index in [9.17, 15) is 0 Å². The molecule has 0 bridgehead atoms. The summed E-state index contributed by atoms with van der Waals surface area (Å²) in [5.74, 6) is 1.38. The molecule has 0 radical (unpaired) electrons. The lowest BCUT2D eigenvalue weighted by Gasteiger charge is -2.11. The van der Waals surface area contributed by atoms with Gasteiger partial charge in [0, 0.05) is 30.1 Å². The Labute approximate surface area is 152 Å². The first-order valence-corrected chi connectivity index (χ1v) is 8.74. The third-order valence-electron chi connectivity index (χ3n) is 3.84. The average Bonchev–Trinajstić information content (AvgIpc) is 2.63. The second kappa shape index (κ2) is 8.65. The fourth-order valence-electron chi connectivity index (χ4n) is 2.55. The van der Waals surface area contributed by atoms with Crippen LogP contribution in [0, 0.1) is 0 Å². The number of anilines is 2. The Morgan fingerprint density at radius 3 is 2.52 bits per heavy atom. The summed E-state index contributed by atoms with van der Waals surface area (Å²) in [6, 6.07) is 15.7. The lowest BCUT2D eigenvalue weighted by molar-refractivity contribution is 0.292. The SMILES string of the molecule is OCCCNc1nc(NCCc2ccc(Cl)cc2)nc2ccccc12. The van der Waals surface area contributed by atoms with Gasteiger partial charge in [-0.15, -0.1) is 0 Å². The zero-order valence-electron chi connectivity index (χ0n) is 13.9. The van der Waals surface area contributed by atoms with E-state index in [0.29, 0.717) is 18.9 Å². The van der Waals surface area contributed by atoms with Gasteiger partial charge < -0.3 is 15.7 Å². The van der Waals surface area contributed by atoms with Gasteiger partial charge in [0.15, 0.2) is 0 Å². The lowest BCUT2D eigenvalue weighted by Crippen LogP contribution is -2.11. The van der Waals surface area contributed by atoms with Crippen LogP contribution in [0.5, 0.6) is 0 Å². The molecule has 0 aliphatic rings. The Balaban J connectivity index is 1.70. The molecule has 0 saturated carbocycles. The third kappa shape index (κ3) is 4.81. The number of aromatic nitrogens is 2. The molecule has 3 N–H and O–H groups in total. The topological polar surface area (TPSA) is 70.1 Å². The highest BCUT2D eigenvalue weighted by Gasteiger charge is 2.07. The molecule has 1 heterocycles. The summed E-state index contributed by atoms with van der Waals surface area (Å²) in [6.07, 6.45) is 1.54. The van der Waals surface area contributed by atoms with E-state index in [-0.39, 0.29) is 6.61 Å². The molecule has 3 rings (SSSR count). The van der Waals surface area contributed by atoms with Crippen LogP contribution in [0.3, 0.4) is 0 Å². The highest BCUT2D eigenvalue weighted by atomic mass is 35.5. The first-order valence-electron chi connectivity index (χ1n) is 8.36. The zero-order valence-corrected chi connectivity index (χ0v) is 14.6. The number of hydrogen-bond donors (Lipinski definition) is 3. The summed E-state index contributed by atoms with van der Waals surface area (Å²) in [4.78, 5) is 9.16. The minimum absolute atomic E-state index is 0.155. The number of nitrogens with zero attached hydrogens (tertiary/aromatic N) is 2. The molecule has 0 atom stereocenters. The van der Waals surface area contributed by atoms with Crippen molar-refractivity contribution in [2.45, 2.75) is 12.8 Å². The van der Waals surface area contributed by atoms with Gasteiger partial charge in [0.1, 0.15) is 5.82 Å². The molecule has 0 spiro atoms. The largest absolute Gasteiger partial charge is 0.396 e. The van der Waals surface area contributed by atoms with Crippen molar-refractivity contribution in [3.63, 3.8) is 0 Å². The number of benzene rings is 2. The minimum Gasteiger partial charge on any atom is -0.396 e. The van der Waals surface area contributed by atoms with Gasteiger partial charge in [-0.2, -0.15) is 4.98 Å². The minimum atomic E-state index is 0.155. The van der Waals surface area contributed by atoms with Crippen LogP contribution in [-0.4, -0.2) is 34.8 Å². The summed E-state index contributed by atoms with van der Waals surface area (Å²) < 4.78 is 0. The maximum Gasteiger partial charge on any atom is 0.225 e. The van der Waals surface area contributed by atoms with E-state index in [0.717, 1.165) is 34.7 Å². The van der Waals surface area contributed by atoms with Crippen molar-refractivity contribution in [3.05, 3.63) is 59.1 Å². The predicted octanol–water partition coefficient (Wildman–Crippen LogP) is 3.73. The van der Waals surface area contributed by atoms with Crippen LogP contribution in [0.2, 0.25) is 5.02 Å². The van der Waals surface area contributed by atoms with Crippen molar-refractivity contribution < 1.29 is 5.11 Å². The number of para-hydroxylation sites is 1. The Morgan fingerprint density at radius 1 is 0.920 bits per heavy atom. The Hall–Kier alpha value is -2.37. The van der Waals surface area contributed by atoms with Crippen LogP contribution in [0.4, 0.5) is 11.8 Å². The van der Waals surface area contributed by atoms with Gasteiger partial charge in [-0.1, -0.05) is 35.9 Å². The number of nitrogens with one attached hydrogen (secondary N) is 2. The molecule has 0 aliphatic heterocycles. The summed E-state index contributed by atoms with van der Waals surface area (Å²) >= 11 is 5.91. The zero-order chi connectivity index (χ0) is 17.5. The number of hydrogen-bond acceptors (Lipinski definition) is 5. The lowest BCUT2D eigenvalue weighted by atomic mass is 10.1. The normalized spacial score (nSPS) is 10.8. The molecule has 6 heteroatoms. The molecule has 25 heavy (non-hydrogen) atoms. The second-order valence-electron chi connectivity index (χ2n) is 5.72. The van der Waals surface area contributed by atoms with E-state index < -0.39 is 0 Å². The van der Waals surface area contributed by atoms with Gasteiger partial charge in [0.05, 0.1) is 5.52 Å². The first-order chi connectivity index (χ1) is 12.3. The summed E-state index contributed by atoms with van der Waals surface area (Å²) in [6.45, 7) is 1.56. The van der Waals surface area contributed by atoms with Gasteiger partial charge in [-0.25, -0.2) is 4.98 Å². The van der Waals surface area contributed by atoms with Crippen LogP contribution in [0.15, 0.2) is 48.5 Å². The van der Waals surface area contributed by atoms with E-state index in [1.54, 1.807) is 0 Å². The van der Waals surface area contributed by atoms with Gasteiger partial charge >= 0.3 is 0 Å². The van der Waals surface area contributed by atoms with E-state index in [2.05, 4.69) is 20.6 Å². The number of rotatable bonds is 8. The number of halogens is 1. The number of aliphatic hydroxyl groups is 1. The monoisotopic (exact) mass is 356 g/mol.